The highest BCUT2D eigenvalue weighted by atomic mass is 19.1. The Bertz CT molecular complexity index is 382. The lowest BCUT2D eigenvalue weighted by Crippen LogP contribution is -2.08. The molecule has 0 amide bonds. The van der Waals surface area contributed by atoms with Gasteiger partial charge in [-0.2, -0.15) is 0 Å². The normalized spacial score (nSPS) is 10.1. The van der Waals surface area contributed by atoms with Crippen LogP contribution in [0.4, 0.5) is 10.1 Å². The minimum absolute atomic E-state index is 0.0122. The van der Waals surface area contributed by atoms with Gasteiger partial charge >= 0.3 is 5.69 Å². The predicted molar refractivity (Wildman–Crippen MR) is 52.4 cm³/mol. The maximum absolute atomic E-state index is 13.3. The summed E-state index contributed by atoms with van der Waals surface area (Å²) in [6.07, 6.45) is 0.110. The molecule has 5 nitrogen and oxygen atoms in total. The molecule has 0 unspecified atom stereocenters. The molecular formula is C9H11FN2O3. The van der Waals surface area contributed by atoms with E-state index in [-0.39, 0.29) is 30.0 Å². The lowest BCUT2D eigenvalue weighted by Gasteiger charge is -2.06. The van der Waals surface area contributed by atoms with E-state index in [2.05, 4.69) is 0 Å². The van der Waals surface area contributed by atoms with E-state index in [0.29, 0.717) is 0 Å². The molecule has 0 aromatic heterocycles. The fourth-order valence-corrected chi connectivity index (χ4v) is 1.34. The second-order valence-electron chi connectivity index (χ2n) is 2.87. The van der Waals surface area contributed by atoms with E-state index >= 15 is 0 Å². The van der Waals surface area contributed by atoms with E-state index < -0.39 is 10.7 Å². The maximum Gasteiger partial charge on any atom is 0.317 e. The Balaban J connectivity index is 3.36. The SMILES string of the molecule is COc1ccc(F)c(CCN)c1[N+](=O)[O-]. The van der Waals surface area contributed by atoms with Gasteiger partial charge in [-0.1, -0.05) is 0 Å². The first kappa shape index (κ1) is 11.4. The van der Waals surface area contributed by atoms with Crippen LogP contribution in [-0.4, -0.2) is 18.6 Å². The van der Waals surface area contributed by atoms with Crippen LogP contribution in [0.2, 0.25) is 0 Å². The maximum atomic E-state index is 13.3. The van der Waals surface area contributed by atoms with Crippen LogP contribution in [0.5, 0.6) is 5.75 Å². The van der Waals surface area contributed by atoms with Crippen molar-refractivity contribution in [2.75, 3.05) is 13.7 Å². The number of nitrogens with two attached hydrogens (primary N) is 1. The van der Waals surface area contributed by atoms with Crippen LogP contribution >= 0.6 is 0 Å². The first-order valence-electron chi connectivity index (χ1n) is 4.31. The van der Waals surface area contributed by atoms with Crippen LogP contribution in [0.25, 0.3) is 0 Å². The summed E-state index contributed by atoms with van der Waals surface area (Å²) >= 11 is 0. The zero-order valence-electron chi connectivity index (χ0n) is 8.20. The fraction of sp³-hybridized carbons (Fsp3) is 0.333. The second-order valence-corrected chi connectivity index (χ2v) is 2.87. The lowest BCUT2D eigenvalue weighted by molar-refractivity contribution is -0.386. The average Bonchev–Trinajstić information content (AvgIpc) is 2.20. The third-order valence-corrected chi connectivity index (χ3v) is 1.99. The van der Waals surface area contributed by atoms with Crippen molar-refractivity contribution in [3.8, 4) is 5.75 Å². The van der Waals surface area contributed by atoms with E-state index in [1.54, 1.807) is 0 Å². The summed E-state index contributed by atoms with van der Waals surface area (Å²) in [5.41, 5.74) is 4.90. The van der Waals surface area contributed by atoms with Gasteiger partial charge in [-0.3, -0.25) is 10.1 Å². The summed E-state index contributed by atoms with van der Waals surface area (Å²) in [6.45, 7) is 0.144. The molecular weight excluding hydrogens is 203 g/mol. The van der Waals surface area contributed by atoms with Gasteiger partial charge in [0.1, 0.15) is 5.82 Å². The van der Waals surface area contributed by atoms with E-state index in [4.69, 9.17) is 10.5 Å². The fourth-order valence-electron chi connectivity index (χ4n) is 1.34. The molecule has 82 valence electrons. The number of nitrogens with zero attached hydrogens (tertiary/aromatic N) is 1. The number of rotatable bonds is 4. The topological polar surface area (TPSA) is 78.4 Å². The Labute approximate surface area is 85.8 Å². The van der Waals surface area contributed by atoms with Crippen molar-refractivity contribution in [2.24, 2.45) is 5.73 Å². The molecule has 0 aliphatic heterocycles. The molecule has 2 N–H and O–H groups in total. The first-order valence-corrected chi connectivity index (χ1v) is 4.31. The summed E-state index contributed by atoms with van der Waals surface area (Å²) in [6, 6.07) is 2.37. The summed E-state index contributed by atoms with van der Waals surface area (Å²) in [5, 5.41) is 10.7. The number of hydrogen-bond donors (Lipinski definition) is 1. The molecule has 0 heterocycles. The molecule has 0 atom stereocenters. The van der Waals surface area contributed by atoms with E-state index in [1.165, 1.54) is 13.2 Å². The van der Waals surface area contributed by atoms with Gasteiger partial charge in [-0.15, -0.1) is 0 Å². The largest absolute Gasteiger partial charge is 0.490 e. The predicted octanol–water partition coefficient (Wildman–Crippen LogP) is 1.24. The minimum Gasteiger partial charge on any atom is -0.490 e. The van der Waals surface area contributed by atoms with Crippen LogP contribution in [0.1, 0.15) is 5.56 Å². The molecule has 0 aliphatic rings. The number of benzene rings is 1. The summed E-state index contributed by atoms with van der Waals surface area (Å²) in [4.78, 5) is 10.1. The highest BCUT2D eigenvalue weighted by Gasteiger charge is 2.23. The zero-order chi connectivity index (χ0) is 11.4. The number of hydrogen-bond acceptors (Lipinski definition) is 4. The van der Waals surface area contributed by atoms with Crippen molar-refractivity contribution in [3.63, 3.8) is 0 Å². The summed E-state index contributed by atoms with van der Waals surface area (Å²) in [5.74, 6) is -0.585. The number of nitro groups is 1. The van der Waals surface area contributed by atoms with Crippen LogP contribution in [0.15, 0.2) is 12.1 Å². The van der Waals surface area contributed by atoms with Gasteiger partial charge in [-0.25, -0.2) is 4.39 Å². The zero-order valence-corrected chi connectivity index (χ0v) is 8.20. The van der Waals surface area contributed by atoms with Crippen molar-refractivity contribution in [1.82, 2.24) is 0 Å². The molecule has 1 aromatic rings. The Hall–Kier alpha value is -1.69. The van der Waals surface area contributed by atoms with Crippen LogP contribution in [-0.2, 0) is 6.42 Å². The van der Waals surface area contributed by atoms with Gasteiger partial charge < -0.3 is 10.5 Å². The third-order valence-electron chi connectivity index (χ3n) is 1.99. The van der Waals surface area contributed by atoms with Gasteiger partial charge in [0.25, 0.3) is 0 Å². The molecule has 6 heteroatoms. The molecule has 0 bridgehead atoms. The Morgan fingerprint density at radius 1 is 1.60 bits per heavy atom. The number of methoxy groups -OCH3 is 1. The molecule has 0 saturated carbocycles. The highest BCUT2D eigenvalue weighted by Crippen LogP contribution is 2.32. The average molecular weight is 214 g/mol. The van der Waals surface area contributed by atoms with Crippen molar-refractivity contribution >= 4 is 5.69 Å². The first-order chi connectivity index (χ1) is 7.11. The van der Waals surface area contributed by atoms with Gasteiger partial charge in [0.05, 0.1) is 17.6 Å². The summed E-state index contributed by atoms with van der Waals surface area (Å²) < 4.78 is 18.1. The molecule has 1 aromatic carbocycles. The van der Waals surface area contributed by atoms with E-state index in [0.717, 1.165) is 6.07 Å². The molecule has 1 rings (SSSR count). The molecule has 0 fully saturated rings. The summed E-state index contributed by atoms with van der Waals surface area (Å²) in [7, 11) is 1.30. The Morgan fingerprint density at radius 2 is 2.27 bits per heavy atom. The van der Waals surface area contributed by atoms with Crippen LogP contribution in [0.3, 0.4) is 0 Å². The van der Waals surface area contributed by atoms with Gasteiger partial charge in [0.2, 0.25) is 0 Å². The Morgan fingerprint density at radius 3 is 2.73 bits per heavy atom. The Kier molecular flexibility index (Phi) is 3.56. The molecule has 0 saturated heterocycles. The number of halogens is 1. The highest BCUT2D eigenvalue weighted by molar-refractivity contribution is 5.53. The minimum atomic E-state index is -0.660. The van der Waals surface area contributed by atoms with Gasteiger partial charge in [0.15, 0.2) is 5.75 Å². The smallest absolute Gasteiger partial charge is 0.317 e. The molecule has 0 spiro atoms. The van der Waals surface area contributed by atoms with Gasteiger partial charge in [0, 0.05) is 0 Å². The number of ether oxygens (including phenoxy) is 1. The quantitative estimate of drug-likeness (QED) is 0.604. The second kappa shape index (κ2) is 4.70. The lowest BCUT2D eigenvalue weighted by atomic mass is 10.1. The van der Waals surface area contributed by atoms with Crippen LogP contribution in [0, 0.1) is 15.9 Å². The van der Waals surface area contributed by atoms with Crippen molar-refractivity contribution < 1.29 is 14.1 Å². The van der Waals surface area contributed by atoms with Crippen molar-refractivity contribution in [1.29, 1.82) is 0 Å². The van der Waals surface area contributed by atoms with E-state index in [1.807, 2.05) is 0 Å². The molecule has 0 radical (unpaired) electrons. The van der Waals surface area contributed by atoms with Crippen molar-refractivity contribution in [2.45, 2.75) is 6.42 Å². The van der Waals surface area contributed by atoms with E-state index in [9.17, 15) is 14.5 Å². The van der Waals surface area contributed by atoms with Crippen LogP contribution < -0.4 is 10.5 Å². The van der Waals surface area contributed by atoms with Crippen molar-refractivity contribution in [3.05, 3.63) is 33.6 Å². The standard InChI is InChI=1S/C9H11FN2O3/c1-15-8-3-2-7(10)6(4-5-11)9(8)12(13)14/h2-3H,4-5,11H2,1H3. The number of nitro benzene ring substituents is 1. The monoisotopic (exact) mass is 214 g/mol. The third kappa shape index (κ3) is 2.21. The molecule has 0 aliphatic carbocycles. The molecule has 15 heavy (non-hydrogen) atoms. The van der Waals surface area contributed by atoms with Gasteiger partial charge in [-0.05, 0) is 25.1 Å².